The fourth-order valence-electron chi connectivity index (χ4n) is 2.21. The summed E-state index contributed by atoms with van der Waals surface area (Å²) in [5.41, 5.74) is 10.7. The fourth-order valence-corrected chi connectivity index (χ4v) is 2.21. The molecular weight excluding hydrogens is 232 g/mol. The molecule has 0 saturated carbocycles. The van der Waals surface area contributed by atoms with Crippen LogP contribution in [0.2, 0.25) is 0 Å². The summed E-state index contributed by atoms with van der Waals surface area (Å²) in [6, 6.07) is 17.3. The molecule has 0 atom stereocenters. The van der Waals surface area contributed by atoms with Crippen molar-refractivity contribution in [1.29, 1.82) is 0 Å². The van der Waals surface area contributed by atoms with Crippen LogP contribution in [0.3, 0.4) is 0 Å². The first-order valence-electron chi connectivity index (χ1n) is 6.75. The molecule has 2 rings (SSSR count). The maximum absolute atomic E-state index is 5.56. The zero-order chi connectivity index (χ0) is 13.7. The van der Waals surface area contributed by atoms with Gasteiger partial charge in [0.15, 0.2) is 0 Å². The predicted octanol–water partition coefficient (Wildman–Crippen LogP) is 3.13. The maximum Gasteiger partial charge on any atom is 0.0426 e. The minimum Gasteiger partial charge on any atom is -0.370 e. The standard InChI is InChI=1S/C17H22N2/c1-14-4-3-5-17(12-14)19(2)13-16-8-6-15(7-9-16)10-11-18/h3-9,12H,10-11,13,18H2,1-2H3. The molecule has 19 heavy (non-hydrogen) atoms. The van der Waals surface area contributed by atoms with E-state index in [1.54, 1.807) is 0 Å². The Balaban J connectivity index is 2.04. The lowest BCUT2D eigenvalue weighted by atomic mass is 10.1. The van der Waals surface area contributed by atoms with Gasteiger partial charge in [0, 0.05) is 19.3 Å². The van der Waals surface area contributed by atoms with Gasteiger partial charge < -0.3 is 10.6 Å². The van der Waals surface area contributed by atoms with Crippen LogP contribution in [0.25, 0.3) is 0 Å². The van der Waals surface area contributed by atoms with Crippen LogP contribution in [0, 0.1) is 6.92 Å². The number of benzene rings is 2. The van der Waals surface area contributed by atoms with E-state index in [1.807, 2.05) is 0 Å². The van der Waals surface area contributed by atoms with Crippen molar-refractivity contribution in [3.05, 3.63) is 65.2 Å². The first-order valence-corrected chi connectivity index (χ1v) is 6.75. The average molecular weight is 254 g/mol. The highest BCUT2D eigenvalue weighted by molar-refractivity contribution is 5.48. The molecule has 0 amide bonds. The van der Waals surface area contributed by atoms with Crippen molar-refractivity contribution in [3.63, 3.8) is 0 Å². The molecule has 0 aliphatic rings. The number of hydrogen-bond acceptors (Lipinski definition) is 2. The summed E-state index contributed by atoms with van der Waals surface area (Å²) in [6.07, 6.45) is 0.952. The number of nitrogens with zero attached hydrogens (tertiary/aromatic N) is 1. The molecular formula is C17H22N2. The highest BCUT2D eigenvalue weighted by Crippen LogP contribution is 2.17. The number of hydrogen-bond donors (Lipinski definition) is 1. The second-order valence-corrected chi connectivity index (χ2v) is 5.05. The van der Waals surface area contributed by atoms with Crippen molar-refractivity contribution >= 4 is 5.69 Å². The summed E-state index contributed by atoms with van der Waals surface area (Å²) < 4.78 is 0. The lowest BCUT2D eigenvalue weighted by molar-refractivity contribution is 0.916. The SMILES string of the molecule is Cc1cccc(N(C)Cc2ccc(CCN)cc2)c1. The number of rotatable bonds is 5. The Morgan fingerprint density at radius 1 is 1.00 bits per heavy atom. The van der Waals surface area contributed by atoms with Crippen LogP contribution in [0.1, 0.15) is 16.7 Å². The number of anilines is 1. The van der Waals surface area contributed by atoms with Gasteiger partial charge in [-0.2, -0.15) is 0 Å². The fraction of sp³-hybridized carbons (Fsp3) is 0.294. The Bertz CT molecular complexity index is 517. The normalized spacial score (nSPS) is 10.5. The van der Waals surface area contributed by atoms with Crippen LogP contribution in [-0.4, -0.2) is 13.6 Å². The molecule has 2 aromatic rings. The third-order valence-electron chi connectivity index (χ3n) is 3.32. The number of nitrogens with two attached hydrogens (primary N) is 1. The maximum atomic E-state index is 5.56. The molecule has 0 aromatic heterocycles. The molecule has 2 aromatic carbocycles. The third-order valence-corrected chi connectivity index (χ3v) is 3.32. The Morgan fingerprint density at radius 3 is 2.32 bits per heavy atom. The lowest BCUT2D eigenvalue weighted by Gasteiger charge is -2.20. The van der Waals surface area contributed by atoms with E-state index in [0.29, 0.717) is 6.54 Å². The van der Waals surface area contributed by atoms with E-state index in [9.17, 15) is 0 Å². The van der Waals surface area contributed by atoms with Gasteiger partial charge in [0.05, 0.1) is 0 Å². The largest absolute Gasteiger partial charge is 0.370 e. The van der Waals surface area contributed by atoms with Gasteiger partial charge in [0.25, 0.3) is 0 Å². The van der Waals surface area contributed by atoms with E-state index in [0.717, 1.165) is 13.0 Å². The monoisotopic (exact) mass is 254 g/mol. The van der Waals surface area contributed by atoms with Crippen LogP contribution >= 0.6 is 0 Å². The summed E-state index contributed by atoms with van der Waals surface area (Å²) in [5.74, 6) is 0. The summed E-state index contributed by atoms with van der Waals surface area (Å²) in [6.45, 7) is 3.76. The molecule has 0 saturated heterocycles. The average Bonchev–Trinajstić information content (AvgIpc) is 2.41. The Labute approximate surface area is 115 Å². The Morgan fingerprint density at radius 2 is 1.68 bits per heavy atom. The molecule has 0 fully saturated rings. The van der Waals surface area contributed by atoms with Crippen LogP contribution in [0.15, 0.2) is 48.5 Å². The molecule has 2 N–H and O–H groups in total. The van der Waals surface area contributed by atoms with Gasteiger partial charge in [-0.1, -0.05) is 36.4 Å². The van der Waals surface area contributed by atoms with Crippen LogP contribution in [0.5, 0.6) is 0 Å². The van der Waals surface area contributed by atoms with Crippen molar-refractivity contribution < 1.29 is 0 Å². The lowest BCUT2D eigenvalue weighted by Crippen LogP contribution is -2.16. The first kappa shape index (κ1) is 13.6. The smallest absolute Gasteiger partial charge is 0.0426 e. The summed E-state index contributed by atoms with van der Waals surface area (Å²) in [4.78, 5) is 2.27. The van der Waals surface area contributed by atoms with Gasteiger partial charge in [-0.25, -0.2) is 0 Å². The van der Waals surface area contributed by atoms with Crippen molar-refractivity contribution in [1.82, 2.24) is 0 Å². The molecule has 0 aliphatic heterocycles. The molecule has 0 aliphatic carbocycles. The van der Waals surface area contributed by atoms with Gasteiger partial charge in [-0.15, -0.1) is 0 Å². The highest BCUT2D eigenvalue weighted by atomic mass is 15.1. The molecule has 100 valence electrons. The highest BCUT2D eigenvalue weighted by Gasteiger charge is 2.02. The zero-order valence-corrected chi connectivity index (χ0v) is 11.8. The summed E-state index contributed by atoms with van der Waals surface area (Å²) >= 11 is 0. The van der Waals surface area contributed by atoms with Crippen LogP contribution < -0.4 is 10.6 Å². The Kier molecular flexibility index (Phi) is 4.58. The predicted molar refractivity (Wildman–Crippen MR) is 82.5 cm³/mol. The van der Waals surface area contributed by atoms with Gasteiger partial charge >= 0.3 is 0 Å². The molecule has 0 spiro atoms. The van der Waals surface area contributed by atoms with Crippen LogP contribution in [-0.2, 0) is 13.0 Å². The van der Waals surface area contributed by atoms with Crippen molar-refractivity contribution in [2.24, 2.45) is 5.73 Å². The van der Waals surface area contributed by atoms with E-state index in [4.69, 9.17) is 5.73 Å². The van der Waals surface area contributed by atoms with Gasteiger partial charge in [-0.05, 0) is 48.7 Å². The minimum atomic E-state index is 0.711. The molecule has 2 nitrogen and oxygen atoms in total. The zero-order valence-electron chi connectivity index (χ0n) is 11.8. The van der Waals surface area contributed by atoms with E-state index < -0.39 is 0 Å². The quantitative estimate of drug-likeness (QED) is 0.888. The van der Waals surface area contributed by atoms with E-state index >= 15 is 0 Å². The van der Waals surface area contributed by atoms with E-state index in [2.05, 4.69) is 67.4 Å². The first-order chi connectivity index (χ1) is 9.19. The Hall–Kier alpha value is -1.80. The second-order valence-electron chi connectivity index (χ2n) is 5.05. The number of aryl methyl sites for hydroxylation is 1. The topological polar surface area (TPSA) is 29.3 Å². The van der Waals surface area contributed by atoms with Crippen molar-refractivity contribution in [2.75, 3.05) is 18.5 Å². The van der Waals surface area contributed by atoms with Gasteiger partial charge in [-0.3, -0.25) is 0 Å². The molecule has 0 radical (unpaired) electrons. The molecule has 2 heteroatoms. The third kappa shape index (κ3) is 3.83. The summed E-state index contributed by atoms with van der Waals surface area (Å²) in [5, 5.41) is 0. The van der Waals surface area contributed by atoms with Gasteiger partial charge in [0.1, 0.15) is 0 Å². The summed E-state index contributed by atoms with van der Waals surface area (Å²) in [7, 11) is 2.13. The molecule has 0 unspecified atom stereocenters. The molecule has 0 bridgehead atoms. The van der Waals surface area contributed by atoms with Crippen molar-refractivity contribution in [3.8, 4) is 0 Å². The second kappa shape index (κ2) is 6.39. The molecule has 0 heterocycles. The van der Waals surface area contributed by atoms with Crippen molar-refractivity contribution in [2.45, 2.75) is 19.9 Å². The van der Waals surface area contributed by atoms with E-state index in [-0.39, 0.29) is 0 Å². The van der Waals surface area contributed by atoms with Crippen LogP contribution in [0.4, 0.5) is 5.69 Å². The van der Waals surface area contributed by atoms with E-state index in [1.165, 1.54) is 22.4 Å². The van der Waals surface area contributed by atoms with Gasteiger partial charge in [0.2, 0.25) is 0 Å². The minimum absolute atomic E-state index is 0.711.